The minimum absolute atomic E-state index is 0.00496. The molecule has 0 saturated carbocycles. The van der Waals surface area contributed by atoms with Crippen molar-refractivity contribution in [2.45, 2.75) is 28.4 Å². The molecule has 2 aromatic heterocycles. The first-order chi connectivity index (χ1) is 17.0. The highest BCUT2D eigenvalue weighted by molar-refractivity contribution is 8.01. The molecule has 4 N–H and O–H groups in total. The number of thiophene rings is 1. The lowest BCUT2D eigenvalue weighted by atomic mass is 10.0. The number of hydrogen-bond acceptors (Lipinski definition) is 12. The third-order valence-corrected chi connectivity index (χ3v) is 8.94. The molecule has 3 atom stereocenters. The van der Waals surface area contributed by atoms with Crippen LogP contribution in [0.15, 0.2) is 33.9 Å². The standard InChI is InChI=1S/C17H16N6O9S4/c24-12(9(15(26)27)8-2-1-3-33-8)18-10-13(25)23-11(16(28)29)7(4-34-14(10)23)5-35-17-19-20-21-22(17)6-36(30,31)32/h1-3,9-10,14H,4-6H2,(H,18,24)(H,26,27)(H,28,29)(H,30,31,32). The largest absolute Gasteiger partial charge is 0.480 e. The number of hydrogen-bond donors (Lipinski definition) is 4. The molecule has 4 heterocycles. The van der Waals surface area contributed by atoms with Crippen LogP contribution in [0.2, 0.25) is 0 Å². The average Bonchev–Trinajstić information content (AvgIpc) is 3.46. The Morgan fingerprint density at radius 3 is 2.67 bits per heavy atom. The molecule has 36 heavy (non-hydrogen) atoms. The first kappa shape index (κ1) is 26.1. The third kappa shape index (κ3) is 5.24. The maximum atomic E-state index is 12.8. The van der Waals surface area contributed by atoms with Gasteiger partial charge in [-0.3, -0.25) is 23.8 Å². The molecule has 0 bridgehead atoms. The van der Waals surface area contributed by atoms with Crippen molar-refractivity contribution in [1.29, 1.82) is 0 Å². The summed E-state index contributed by atoms with van der Waals surface area (Å²) in [7, 11) is -4.42. The second-order valence-corrected chi connectivity index (χ2v) is 11.8. The molecule has 19 heteroatoms. The molecule has 192 valence electrons. The highest BCUT2D eigenvalue weighted by Crippen LogP contribution is 2.41. The number of carboxylic acid groups (broad SMARTS) is 2. The molecule has 0 aromatic carbocycles. The maximum Gasteiger partial charge on any atom is 0.352 e. The number of carbonyl (C=O) groups excluding carboxylic acids is 2. The van der Waals surface area contributed by atoms with Crippen LogP contribution in [-0.4, -0.2) is 95.0 Å². The summed E-state index contributed by atoms with van der Waals surface area (Å²) in [5.74, 6) is -6.58. The van der Waals surface area contributed by atoms with Crippen molar-refractivity contribution in [3.8, 4) is 0 Å². The molecule has 2 aliphatic heterocycles. The maximum absolute atomic E-state index is 12.8. The van der Waals surface area contributed by atoms with E-state index in [1.165, 1.54) is 17.8 Å². The van der Waals surface area contributed by atoms with E-state index in [1.807, 2.05) is 0 Å². The fraction of sp³-hybridized carbons (Fsp3) is 0.353. The summed E-state index contributed by atoms with van der Waals surface area (Å²) in [6, 6.07) is 1.99. The minimum Gasteiger partial charge on any atom is -0.480 e. The predicted molar refractivity (Wildman–Crippen MR) is 124 cm³/mol. The molecule has 1 saturated heterocycles. The minimum atomic E-state index is -4.42. The Morgan fingerprint density at radius 1 is 1.31 bits per heavy atom. The fourth-order valence-electron chi connectivity index (χ4n) is 3.54. The summed E-state index contributed by atoms with van der Waals surface area (Å²) in [4.78, 5) is 50.5. The molecule has 15 nitrogen and oxygen atoms in total. The smallest absolute Gasteiger partial charge is 0.352 e. The molecule has 2 aliphatic rings. The number of rotatable bonds is 10. The molecule has 2 aromatic rings. The predicted octanol–water partition coefficient (Wildman–Crippen LogP) is -0.721. The zero-order valence-electron chi connectivity index (χ0n) is 17.7. The zero-order valence-corrected chi connectivity index (χ0v) is 21.0. The van der Waals surface area contributed by atoms with Crippen LogP contribution >= 0.6 is 34.9 Å². The summed E-state index contributed by atoms with van der Waals surface area (Å²) in [5.41, 5.74) is 0.0406. The summed E-state index contributed by atoms with van der Waals surface area (Å²) in [6.45, 7) is 0. The molecular formula is C17H16N6O9S4. The zero-order chi connectivity index (χ0) is 26.2. The van der Waals surface area contributed by atoms with Gasteiger partial charge in [-0.05, 0) is 27.4 Å². The highest BCUT2D eigenvalue weighted by Gasteiger charge is 2.54. The Morgan fingerprint density at radius 2 is 2.06 bits per heavy atom. The molecule has 3 unspecified atom stereocenters. The first-order valence-electron chi connectivity index (χ1n) is 9.78. The normalized spacial score (nSPS) is 20.5. The number of fused-ring (bicyclic) bond motifs is 1. The SMILES string of the molecule is O=C(O)C1=C(CSc2nnnn2CS(=O)(=O)O)CSC2C(NC(=O)C(C(=O)O)c3cccs3)C(=O)N12. The van der Waals surface area contributed by atoms with Crippen molar-refractivity contribution < 1.29 is 42.4 Å². The van der Waals surface area contributed by atoms with Gasteiger partial charge in [0.15, 0.2) is 11.8 Å². The van der Waals surface area contributed by atoms with Crippen molar-refractivity contribution in [3.63, 3.8) is 0 Å². The lowest BCUT2D eigenvalue weighted by molar-refractivity contribution is -0.152. The van der Waals surface area contributed by atoms with E-state index in [1.54, 1.807) is 11.4 Å². The van der Waals surface area contributed by atoms with Gasteiger partial charge in [0.25, 0.3) is 16.0 Å². The van der Waals surface area contributed by atoms with Crippen molar-refractivity contribution in [3.05, 3.63) is 33.7 Å². The number of nitrogens with one attached hydrogen (secondary N) is 1. The number of carbonyl (C=O) groups is 4. The van der Waals surface area contributed by atoms with E-state index in [2.05, 4.69) is 20.8 Å². The van der Waals surface area contributed by atoms with E-state index in [-0.39, 0.29) is 22.4 Å². The van der Waals surface area contributed by atoms with Crippen LogP contribution in [-0.2, 0) is 35.2 Å². The number of tetrazole rings is 1. The molecular weight excluding hydrogens is 560 g/mol. The third-order valence-electron chi connectivity index (χ3n) is 5.04. The first-order valence-corrected chi connectivity index (χ1v) is 14.3. The van der Waals surface area contributed by atoms with E-state index in [4.69, 9.17) is 4.55 Å². The van der Waals surface area contributed by atoms with Crippen LogP contribution in [0.3, 0.4) is 0 Å². The van der Waals surface area contributed by atoms with Crippen LogP contribution in [0.1, 0.15) is 10.8 Å². The Bertz CT molecular complexity index is 1360. The molecule has 0 radical (unpaired) electrons. The fourth-order valence-corrected chi connectivity index (χ4v) is 7.28. The Hall–Kier alpha value is -3.00. The van der Waals surface area contributed by atoms with Gasteiger partial charge in [-0.1, -0.05) is 17.8 Å². The van der Waals surface area contributed by atoms with E-state index in [0.29, 0.717) is 10.5 Å². The lowest BCUT2D eigenvalue weighted by Crippen LogP contribution is -2.71. The topological polar surface area (TPSA) is 222 Å². The van der Waals surface area contributed by atoms with Gasteiger partial charge in [0.2, 0.25) is 11.1 Å². The van der Waals surface area contributed by atoms with Gasteiger partial charge in [0.05, 0.1) is 0 Å². The number of thioether (sulfide) groups is 2. The molecule has 2 amide bonds. The van der Waals surface area contributed by atoms with Crippen LogP contribution in [0.5, 0.6) is 0 Å². The van der Waals surface area contributed by atoms with Gasteiger partial charge in [-0.2, -0.15) is 8.42 Å². The van der Waals surface area contributed by atoms with E-state index >= 15 is 0 Å². The van der Waals surface area contributed by atoms with Crippen molar-refractivity contribution in [1.82, 2.24) is 30.4 Å². The second-order valence-electron chi connectivity index (χ2n) is 7.40. The Kier molecular flexibility index (Phi) is 7.36. The van der Waals surface area contributed by atoms with Gasteiger partial charge in [0.1, 0.15) is 17.1 Å². The summed E-state index contributed by atoms with van der Waals surface area (Å²) in [5, 5.41) is 33.0. The van der Waals surface area contributed by atoms with Crippen LogP contribution < -0.4 is 5.32 Å². The number of amides is 2. The number of carboxylic acids is 2. The number of aliphatic carboxylic acids is 2. The number of β-lactam (4-membered cyclic amide) rings is 1. The van der Waals surface area contributed by atoms with Crippen molar-refractivity contribution in [2.75, 3.05) is 11.5 Å². The molecule has 0 spiro atoms. The number of nitrogens with zero attached hydrogens (tertiary/aromatic N) is 5. The van der Waals surface area contributed by atoms with Crippen LogP contribution in [0.4, 0.5) is 0 Å². The van der Waals surface area contributed by atoms with Crippen LogP contribution in [0, 0.1) is 0 Å². The Balaban J connectivity index is 1.48. The van der Waals surface area contributed by atoms with Crippen molar-refractivity contribution >= 4 is 68.7 Å². The summed E-state index contributed by atoms with van der Waals surface area (Å²) in [6.07, 6.45) is 0. The monoisotopic (exact) mass is 576 g/mol. The second kappa shape index (κ2) is 10.2. The quantitative estimate of drug-likeness (QED) is 0.119. The van der Waals surface area contributed by atoms with Gasteiger partial charge < -0.3 is 15.5 Å². The molecule has 4 rings (SSSR count). The van der Waals surface area contributed by atoms with Gasteiger partial charge in [0, 0.05) is 16.4 Å². The lowest BCUT2D eigenvalue weighted by Gasteiger charge is -2.49. The van der Waals surface area contributed by atoms with Gasteiger partial charge in [-0.15, -0.1) is 28.2 Å². The molecule has 1 fully saturated rings. The number of aromatic nitrogens is 4. The van der Waals surface area contributed by atoms with Gasteiger partial charge >= 0.3 is 11.9 Å². The van der Waals surface area contributed by atoms with Crippen molar-refractivity contribution in [2.24, 2.45) is 0 Å². The summed E-state index contributed by atoms with van der Waals surface area (Å²) >= 11 is 3.18. The van der Waals surface area contributed by atoms with E-state index in [9.17, 15) is 37.8 Å². The Labute approximate surface area is 214 Å². The van der Waals surface area contributed by atoms with Crippen LogP contribution in [0.25, 0.3) is 0 Å². The summed E-state index contributed by atoms with van der Waals surface area (Å²) < 4.78 is 32.0. The average molecular weight is 577 g/mol. The van der Waals surface area contributed by atoms with E-state index in [0.717, 1.165) is 32.7 Å². The van der Waals surface area contributed by atoms with E-state index < -0.39 is 57.1 Å². The van der Waals surface area contributed by atoms with Gasteiger partial charge in [-0.25, -0.2) is 9.48 Å². The highest BCUT2D eigenvalue weighted by atomic mass is 32.2. The molecule has 0 aliphatic carbocycles.